The summed E-state index contributed by atoms with van der Waals surface area (Å²) in [6.45, 7) is 3.15. The number of amides is 1. The normalized spacial score (nSPS) is 28.5. The van der Waals surface area contributed by atoms with E-state index >= 15 is 0 Å². The van der Waals surface area contributed by atoms with Gasteiger partial charge in [-0.05, 0) is 26.0 Å². The highest BCUT2D eigenvalue weighted by molar-refractivity contribution is 6.17. The predicted octanol–water partition coefficient (Wildman–Crippen LogP) is 2.55. The smallest absolute Gasteiger partial charge is 0.411 e. The van der Waals surface area contributed by atoms with Crippen LogP contribution < -0.4 is 0 Å². The van der Waals surface area contributed by atoms with E-state index in [2.05, 4.69) is 0 Å². The largest absolute Gasteiger partial charge is 0.433 e. The first kappa shape index (κ1) is 16.9. The summed E-state index contributed by atoms with van der Waals surface area (Å²) in [6, 6.07) is 0.921. The molecule has 3 unspecified atom stereocenters. The SMILES string of the molecule is CC1COC(O)(c2cc(F)cc(F)c2)C(C)N1C(=O)OCCl. The van der Waals surface area contributed by atoms with Crippen molar-refractivity contribution in [1.82, 2.24) is 4.90 Å². The van der Waals surface area contributed by atoms with Gasteiger partial charge in [0.15, 0.2) is 6.07 Å². The minimum Gasteiger partial charge on any atom is -0.433 e. The van der Waals surface area contributed by atoms with Crippen LogP contribution >= 0.6 is 11.6 Å². The summed E-state index contributed by atoms with van der Waals surface area (Å²) >= 11 is 5.38. The summed E-state index contributed by atoms with van der Waals surface area (Å²) in [5, 5.41) is 10.7. The third-order valence-electron chi connectivity index (χ3n) is 3.67. The lowest BCUT2D eigenvalue weighted by atomic mass is 9.94. The molecule has 3 atom stereocenters. The summed E-state index contributed by atoms with van der Waals surface area (Å²) in [6.07, 6.45) is -0.742. The Bertz CT molecular complexity index is 554. The fourth-order valence-corrected chi connectivity index (χ4v) is 2.66. The van der Waals surface area contributed by atoms with Gasteiger partial charge in [-0.15, -0.1) is 0 Å². The third kappa shape index (κ3) is 3.02. The van der Waals surface area contributed by atoms with Crippen LogP contribution in [0.5, 0.6) is 0 Å². The molecule has 1 fully saturated rings. The van der Waals surface area contributed by atoms with Crippen LogP contribution in [0, 0.1) is 11.6 Å². The molecular weight excluding hydrogens is 320 g/mol. The summed E-state index contributed by atoms with van der Waals surface area (Å²) in [5.74, 6) is -3.76. The number of carbonyl (C=O) groups is 1. The number of hydrogen-bond acceptors (Lipinski definition) is 4. The summed E-state index contributed by atoms with van der Waals surface area (Å²) in [4.78, 5) is 13.2. The molecule has 1 heterocycles. The maximum atomic E-state index is 13.4. The Balaban J connectivity index is 2.39. The topological polar surface area (TPSA) is 59.0 Å². The molecule has 1 amide bonds. The highest BCUT2D eigenvalue weighted by Crippen LogP contribution is 2.36. The molecule has 1 aliphatic heterocycles. The van der Waals surface area contributed by atoms with Crippen LogP contribution in [0.25, 0.3) is 0 Å². The first-order valence-electron chi connectivity index (χ1n) is 6.63. The highest BCUT2D eigenvalue weighted by atomic mass is 35.5. The molecule has 8 heteroatoms. The first-order chi connectivity index (χ1) is 10.3. The molecular formula is C14H16ClF2NO4. The zero-order valence-electron chi connectivity index (χ0n) is 12.1. The lowest BCUT2D eigenvalue weighted by Gasteiger charge is -2.47. The molecule has 0 radical (unpaired) electrons. The standard InChI is InChI=1S/C14H16ClF2NO4/c1-8-6-22-14(20,9(2)18(8)13(19)21-7-15)10-3-11(16)5-12(17)4-10/h3-5,8-9,20H,6-7H2,1-2H3. The Kier molecular flexibility index (Phi) is 4.89. The molecule has 2 rings (SSSR count). The van der Waals surface area contributed by atoms with E-state index in [1.807, 2.05) is 0 Å². The molecule has 1 aromatic carbocycles. The van der Waals surface area contributed by atoms with Gasteiger partial charge in [0.25, 0.3) is 0 Å². The summed E-state index contributed by atoms with van der Waals surface area (Å²) < 4.78 is 36.9. The Morgan fingerprint density at radius 3 is 2.59 bits per heavy atom. The van der Waals surface area contributed by atoms with E-state index in [0.717, 1.165) is 12.1 Å². The number of alkyl halides is 1. The molecule has 5 nitrogen and oxygen atoms in total. The maximum absolute atomic E-state index is 13.4. The van der Waals surface area contributed by atoms with E-state index in [4.69, 9.17) is 21.1 Å². The average Bonchev–Trinajstić information content (AvgIpc) is 2.43. The first-order valence-corrected chi connectivity index (χ1v) is 7.17. The van der Waals surface area contributed by atoms with Crippen molar-refractivity contribution in [1.29, 1.82) is 0 Å². The number of hydrogen-bond donors (Lipinski definition) is 1. The van der Waals surface area contributed by atoms with Gasteiger partial charge in [-0.3, -0.25) is 4.90 Å². The average molecular weight is 336 g/mol. The molecule has 1 aliphatic rings. The van der Waals surface area contributed by atoms with Crippen molar-refractivity contribution in [3.8, 4) is 0 Å². The Labute approximate surface area is 131 Å². The van der Waals surface area contributed by atoms with Gasteiger partial charge in [0.1, 0.15) is 11.6 Å². The molecule has 1 saturated heterocycles. The number of benzene rings is 1. The number of halogens is 3. The number of morpholine rings is 1. The van der Waals surface area contributed by atoms with E-state index < -0.39 is 35.6 Å². The van der Waals surface area contributed by atoms with Crippen molar-refractivity contribution in [2.45, 2.75) is 31.7 Å². The van der Waals surface area contributed by atoms with E-state index in [0.29, 0.717) is 6.07 Å². The second kappa shape index (κ2) is 6.36. The van der Waals surface area contributed by atoms with Crippen LogP contribution in [0.1, 0.15) is 19.4 Å². The molecule has 22 heavy (non-hydrogen) atoms. The fraction of sp³-hybridized carbons (Fsp3) is 0.500. The zero-order valence-corrected chi connectivity index (χ0v) is 12.8. The maximum Gasteiger partial charge on any atom is 0.411 e. The van der Waals surface area contributed by atoms with Crippen molar-refractivity contribution in [3.05, 3.63) is 35.4 Å². The van der Waals surface area contributed by atoms with Crippen LogP contribution in [0.3, 0.4) is 0 Å². The van der Waals surface area contributed by atoms with Gasteiger partial charge in [0.05, 0.1) is 18.7 Å². The number of nitrogens with zero attached hydrogens (tertiary/aromatic N) is 1. The molecule has 0 saturated carbocycles. The summed E-state index contributed by atoms with van der Waals surface area (Å²) in [7, 11) is 0. The number of rotatable bonds is 2. The van der Waals surface area contributed by atoms with E-state index in [1.54, 1.807) is 6.92 Å². The van der Waals surface area contributed by atoms with Gasteiger partial charge in [-0.2, -0.15) is 0 Å². The molecule has 0 aromatic heterocycles. The van der Waals surface area contributed by atoms with Gasteiger partial charge < -0.3 is 14.6 Å². The van der Waals surface area contributed by atoms with Crippen molar-refractivity contribution in [2.24, 2.45) is 0 Å². The van der Waals surface area contributed by atoms with Crippen molar-refractivity contribution < 1.29 is 28.2 Å². The third-order valence-corrected chi connectivity index (χ3v) is 3.78. The van der Waals surface area contributed by atoms with Gasteiger partial charge in [-0.25, -0.2) is 13.6 Å². The van der Waals surface area contributed by atoms with Crippen molar-refractivity contribution in [2.75, 3.05) is 12.7 Å². The van der Waals surface area contributed by atoms with Crippen molar-refractivity contribution in [3.63, 3.8) is 0 Å². The highest BCUT2D eigenvalue weighted by Gasteiger charge is 2.48. The Hall–Kier alpha value is -1.44. The quantitative estimate of drug-likeness (QED) is 0.844. The fourth-order valence-electron chi connectivity index (χ4n) is 2.56. The van der Waals surface area contributed by atoms with Crippen molar-refractivity contribution >= 4 is 17.7 Å². The second-order valence-electron chi connectivity index (χ2n) is 5.12. The number of aliphatic hydroxyl groups is 1. The van der Waals surface area contributed by atoms with Crippen LogP contribution in [-0.2, 0) is 15.3 Å². The summed E-state index contributed by atoms with van der Waals surface area (Å²) in [5.41, 5.74) is -0.118. The Morgan fingerprint density at radius 2 is 2.05 bits per heavy atom. The van der Waals surface area contributed by atoms with Crippen LogP contribution in [0.4, 0.5) is 13.6 Å². The van der Waals surface area contributed by atoms with E-state index in [9.17, 15) is 18.7 Å². The lowest BCUT2D eigenvalue weighted by Crippen LogP contribution is -2.61. The lowest BCUT2D eigenvalue weighted by molar-refractivity contribution is -0.279. The van der Waals surface area contributed by atoms with E-state index in [-0.39, 0.29) is 18.2 Å². The second-order valence-corrected chi connectivity index (χ2v) is 5.34. The minimum atomic E-state index is -2.05. The van der Waals surface area contributed by atoms with Gasteiger partial charge >= 0.3 is 6.09 Å². The number of ether oxygens (including phenoxy) is 2. The van der Waals surface area contributed by atoms with E-state index in [1.165, 1.54) is 11.8 Å². The minimum absolute atomic E-state index is 0.0314. The molecule has 1 aromatic rings. The Morgan fingerprint density at radius 1 is 1.45 bits per heavy atom. The van der Waals surface area contributed by atoms with Gasteiger partial charge in [-0.1, -0.05) is 11.6 Å². The molecule has 0 bridgehead atoms. The van der Waals surface area contributed by atoms with Gasteiger partial charge in [0.2, 0.25) is 5.79 Å². The van der Waals surface area contributed by atoms with Crippen LogP contribution in [0.2, 0.25) is 0 Å². The zero-order chi connectivity index (χ0) is 16.5. The molecule has 0 aliphatic carbocycles. The van der Waals surface area contributed by atoms with Gasteiger partial charge in [0, 0.05) is 11.6 Å². The molecule has 122 valence electrons. The van der Waals surface area contributed by atoms with Crippen LogP contribution in [-0.4, -0.2) is 40.9 Å². The predicted molar refractivity (Wildman–Crippen MR) is 74.2 cm³/mol. The number of carbonyl (C=O) groups excluding carboxylic acids is 1. The van der Waals surface area contributed by atoms with Crippen LogP contribution in [0.15, 0.2) is 18.2 Å². The molecule has 0 spiro atoms. The molecule has 1 N–H and O–H groups in total. The monoisotopic (exact) mass is 335 g/mol.